The summed E-state index contributed by atoms with van der Waals surface area (Å²) in [5, 5.41) is 2.88. The second-order valence-corrected chi connectivity index (χ2v) is 5.46. The minimum absolute atomic E-state index is 0.141. The Morgan fingerprint density at radius 1 is 1.14 bits per heavy atom. The van der Waals surface area contributed by atoms with Gasteiger partial charge in [-0.3, -0.25) is 9.78 Å². The maximum atomic E-state index is 14.2. The fraction of sp³-hybridized carbons (Fsp3) is 0.294. The van der Waals surface area contributed by atoms with Gasteiger partial charge in [-0.2, -0.15) is 0 Å². The van der Waals surface area contributed by atoms with Gasteiger partial charge in [-0.05, 0) is 31.0 Å². The zero-order valence-corrected chi connectivity index (χ0v) is 11.7. The molecular weight excluding hydrogens is 267 g/mol. The Bertz CT molecular complexity index is 636. The molecule has 1 heterocycles. The number of nitrogens with zero attached hydrogens (tertiary/aromatic N) is 1. The molecule has 1 aliphatic rings. The number of hydrogen-bond acceptors (Lipinski definition) is 2. The van der Waals surface area contributed by atoms with E-state index in [-0.39, 0.29) is 11.7 Å². The molecule has 1 fully saturated rings. The van der Waals surface area contributed by atoms with Gasteiger partial charge in [-0.1, -0.05) is 31.0 Å². The number of carbonyl (C=O) groups excluding carboxylic acids is 1. The maximum Gasteiger partial charge on any atom is 0.235 e. The third-order valence-corrected chi connectivity index (χ3v) is 4.20. The molecule has 3 nitrogen and oxygen atoms in total. The lowest BCUT2D eigenvalue weighted by atomic mass is 9.77. The summed E-state index contributed by atoms with van der Waals surface area (Å²) in [6.45, 7) is 0. The highest BCUT2D eigenvalue weighted by molar-refractivity contribution is 5.99. The fourth-order valence-corrected chi connectivity index (χ4v) is 3.13. The second kappa shape index (κ2) is 5.64. The van der Waals surface area contributed by atoms with Gasteiger partial charge in [0.1, 0.15) is 5.82 Å². The maximum absolute atomic E-state index is 14.2. The Morgan fingerprint density at radius 2 is 1.90 bits per heavy atom. The van der Waals surface area contributed by atoms with Crippen LogP contribution in [0.5, 0.6) is 0 Å². The minimum atomic E-state index is -0.763. The zero-order chi connectivity index (χ0) is 14.7. The van der Waals surface area contributed by atoms with E-state index in [1.807, 2.05) is 0 Å². The van der Waals surface area contributed by atoms with Gasteiger partial charge < -0.3 is 5.32 Å². The minimum Gasteiger partial charge on any atom is -0.324 e. The SMILES string of the molecule is O=C(Nc1cccnc1)C1(c2ccccc2F)CCCC1. The summed E-state index contributed by atoms with van der Waals surface area (Å²) in [6.07, 6.45) is 6.49. The lowest BCUT2D eigenvalue weighted by Crippen LogP contribution is -2.38. The van der Waals surface area contributed by atoms with Crippen molar-refractivity contribution >= 4 is 11.6 Å². The van der Waals surface area contributed by atoms with E-state index in [1.165, 1.54) is 6.07 Å². The van der Waals surface area contributed by atoms with Gasteiger partial charge in [0.05, 0.1) is 17.3 Å². The number of rotatable bonds is 3. The van der Waals surface area contributed by atoms with Crippen LogP contribution < -0.4 is 5.32 Å². The topological polar surface area (TPSA) is 42.0 Å². The van der Waals surface area contributed by atoms with E-state index in [2.05, 4.69) is 10.3 Å². The van der Waals surface area contributed by atoms with Crippen LogP contribution in [-0.2, 0) is 10.2 Å². The normalized spacial score (nSPS) is 16.6. The Labute approximate surface area is 123 Å². The van der Waals surface area contributed by atoms with Crippen LogP contribution in [0.15, 0.2) is 48.8 Å². The van der Waals surface area contributed by atoms with Crippen LogP contribution in [0.2, 0.25) is 0 Å². The van der Waals surface area contributed by atoms with Crippen LogP contribution >= 0.6 is 0 Å². The fourth-order valence-electron chi connectivity index (χ4n) is 3.13. The number of nitrogens with one attached hydrogen (secondary N) is 1. The van der Waals surface area contributed by atoms with Gasteiger partial charge in [0, 0.05) is 11.8 Å². The molecule has 1 aromatic carbocycles. The molecule has 0 atom stereocenters. The first-order chi connectivity index (χ1) is 10.2. The van der Waals surface area contributed by atoms with Crippen LogP contribution in [0.25, 0.3) is 0 Å². The average Bonchev–Trinajstić information content (AvgIpc) is 2.99. The van der Waals surface area contributed by atoms with E-state index in [4.69, 9.17) is 0 Å². The van der Waals surface area contributed by atoms with Crippen LogP contribution in [0.3, 0.4) is 0 Å². The van der Waals surface area contributed by atoms with Gasteiger partial charge in [-0.25, -0.2) is 4.39 Å². The Hall–Kier alpha value is -2.23. The molecule has 0 aliphatic heterocycles. The summed E-state index contributed by atoms with van der Waals surface area (Å²) in [7, 11) is 0. The highest BCUT2D eigenvalue weighted by atomic mass is 19.1. The number of pyridine rings is 1. The highest BCUT2D eigenvalue weighted by Gasteiger charge is 2.44. The highest BCUT2D eigenvalue weighted by Crippen LogP contribution is 2.43. The monoisotopic (exact) mass is 284 g/mol. The van der Waals surface area contributed by atoms with Crippen LogP contribution in [0, 0.1) is 5.82 Å². The van der Waals surface area contributed by atoms with Gasteiger partial charge >= 0.3 is 0 Å². The van der Waals surface area contributed by atoms with Crippen molar-refractivity contribution in [1.82, 2.24) is 4.98 Å². The smallest absolute Gasteiger partial charge is 0.235 e. The van der Waals surface area contributed by atoms with Crippen molar-refractivity contribution in [3.05, 3.63) is 60.2 Å². The van der Waals surface area contributed by atoms with Crippen molar-refractivity contribution in [2.24, 2.45) is 0 Å². The Morgan fingerprint density at radius 3 is 2.57 bits per heavy atom. The van der Waals surface area contributed by atoms with Crippen molar-refractivity contribution < 1.29 is 9.18 Å². The van der Waals surface area contributed by atoms with E-state index >= 15 is 0 Å². The average molecular weight is 284 g/mol. The van der Waals surface area contributed by atoms with Crippen molar-refractivity contribution in [2.45, 2.75) is 31.1 Å². The van der Waals surface area contributed by atoms with Gasteiger partial charge in [0.2, 0.25) is 5.91 Å². The van der Waals surface area contributed by atoms with Crippen LogP contribution in [-0.4, -0.2) is 10.9 Å². The molecule has 0 bridgehead atoms. The molecule has 21 heavy (non-hydrogen) atoms. The van der Waals surface area contributed by atoms with Crippen LogP contribution in [0.4, 0.5) is 10.1 Å². The molecule has 1 aromatic heterocycles. The molecule has 0 radical (unpaired) electrons. The first-order valence-corrected chi connectivity index (χ1v) is 7.19. The van der Waals surface area contributed by atoms with E-state index in [0.717, 1.165) is 12.8 Å². The molecule has 2 aromatic rings. The third-order valence-electron chi connectivity index (χ3n) is 4.20. The summed E-state index contributed by atoms with van der Waals surface area (Å²) in [4.78, 5) is 16.8. The van der Waals surface area contributed by atoms with Gasteiger partial charge in [0.25, 0.3) is 0 Å². The molecule has 108 valence electrons. The van der Waals surface area contributed by atoms with Crippen LogP contribution in [0.1, 0.15) is 31.2 Å². The lowest BCUT2D eigenvalue weighted by Gasteiger charge is -2.28. The lowest BCUT2D eigenvalue weighted by molar-refractivity contribution is -0.121. The number of hydrogen-bond donors (Lipinski definition) is 1. The van der Waals surface area contributed by atoms with Gasteiger partial charge in [-0.15, -0.1) is 0 Å². The van der Waals surface area contributed by atoms with E-state index in [1.54, 1.807) is 42.7 Å². The number of benzene rings is 1. The van der Waals surface area contributed by atoms with Gasteiger partial charge in [0.15, 0.2) is 0 Å². The summed E-state index contributed by atoms with van der Waals surface area (Å²) in [5.74, 6) is -0.446. The largest absolute Gasteiger partial charge is 0.324 e. The molecule has 1 aliphatic carbocycles. The number of anilines is 1. The quantitative estimate of drug-likeness (QED) is 0.934. The Balaban J connectivity index is 1.95. The van der Waals surface area contributed by atoms with Crippen molar-refractivity contribution in [1.29, 1.82) is 0 Å². The summed E-state index contributed by atoms with van der Waals surface area (Å²) >= 11 is 0. The second-order valence-electron chi connectivity index (χ2n) is 5.46. The molecule has 1 saturated carbocycles. The Kier molecular flexibility index (Phi) is 3.69. The van der Waals surface area contributed by atoms with E-state index in [9.17, 15) is 9.18 Å². The number of aromatic nitrogens is 1. The molecule has 0 saturated heterocycles. The number of carbonyl (C=O) groups is 1. The number of halogens is 1. The summed E-state index contributed by atoms with van der Waals surface area (Å²) < 4.78 is 14.2. The first kappa shape index (κ1) is 13.7. The first-order valence-electron chi connectivity index (χ1n) is 7.19. The molecule has 1 N–H and O–H groups in total. The standard InChI is InChI=1S/C17H17FN2O/c18-15-8-2-1-7-14(15)17(9-3-4-10-17)16(21)20-13-6-5-11-19-12-13/h1-2,5-8,11-12H,3-4,9-10H2,(H,20,21). The van der Waals surface area contributed by atoms with E-state index < -0.39 is 5.41 Å². The zero-order valence-electron chi connectivity index (χ0n) is 11.7. The molecule has 0 unspecified atom stereocenters. The number of amides is 1. The molecular formula is C17H17FN2O. The van der Waals surface area contributed by atoms with Crippen molar-refractivity contribution in [3.63, 3.8) is 0 Å². The van der Waals surface area contributed by atoms with Crippen molar-refractivity contribution in [3.8, 4) is 0 Å². The predicted octanol–water partition coefficient (Wildman–Crippen LogP) is 3.67. The summed E-state index contributed by atoms with van der Waals surface area (Å²) in [5.41, 5.74) is 0.385. The molecule has 4 heteroatoms. The van der Waals surface area contributed by atoms with Crippen molar-refractivity contribution in [2.75, 3.05) is 5.32 Å². The summed E-state index contributed by atoms with van der Waals surface area (Å²) in [6, 6.07) is 10.1. The molecule has 3 rings (SSSR count). The molecule has 1 amide bonds. The predicted molar refractivity (Wildman–Crippen MR) is 79.4 cm³/mol. The molecule has 0 spiro atoms. The third kappa shape index (κ3) is 2.53. The van der Waals surface area contributed by atoms with E-state index in [0.29, 0.717) is 24.1 Å².